The Morgan fingerprint density at radius 3 is 2.38 bits per heavy atom. The van der Waals surface area contributed by atoms with Crippen molar-refractivity contribution >= 4 is 11.9 Å². The Hall–Kier alpha value is -1.62. The SMILES string of the molecule is C=CC(=O)O/C=C(\C(N)=O)C(CC)N(C)C. The maximum absolute atomic E-state index is 11.2. The number of likely N-dealkylation sites (N-methyl/N-ethyl adjacent to an activating group) is 1. The van der Waals surface area contributed by atoms with Gasteiger partial charge >= 0.3 is 5.97 Å². The van der Waals surface area contributed by atoms with Crippen molar-refractivity contribution in [2.24, 2.45) is 5.73 Å². The first kappa shape index (κ1) is 14.4. The van der Waals surface area contributed by atoms with Crippen LogP contribution in [-0.4, -0.2) is 36.9 Å². The number of hydrogen-bond acceptors (Lipinski definition) is 4. The molecule has 5 nitrogen and oxygen atoms in total. The molecule has 0 heterocycles. The van der Waals surface area contributed by atoms with Gasteiger partial charge in [0.1, 0.15) is 6.26 Å². The molecule has 1 amide bonds. The summed E-state index contributed by atoms with van der Waals surface area (Å²) in [5.41, 5.74) is 5.49. The van der Waals surface area contributed by atoms with Crippen molar-refractivity contribution in [1.29, 1.82) is 0 Å². The molecule has 0 aliphatic carbocycles. The van der Waals surface area contributed by atoms with E-state index < -0.39 is 11.9 Å². The molecule has 0 aliphatic heterocycles. The zero-order valence-electron chi connectivity index (χ0n) is 9.90. The van der Waals surface area contributed by atoms with Crippen LogP contribution in [0.25, 0.3) is 0 Å². The maximum atomic E-state index is 11.2. The Balaban J connectivity index is 4.91. The first-order chi connectivity index (χ1) is 7.43. The van der Waals surface area contributed by atoms with Crippen molar-refractivity contribution < 1.29 is 14.3 Å². The Morgan fingerprint density at radius 2 is 2.06 bits per heavy atom. The number of carbonyl (C=O) groups is 2. The van der Waals surface area contributed by atoms with Gasteiger partial charge in [-0.3, -0.25) is 4.79 Å². The lowest BCUT2D eigenvalue weighted by molar-refractivity contribution is -0.132. The zero-order valence-corrected chi connectivity index (χ0v) is 9.90. The predicted molar refractivity (Wildman–Crippen MR) is 61.3 cm³/mol. The van der Waals surface area contributed by atoms with E-state index in [9.17, 15) is 9.59 Å². The minimum Gasteiger partial charge on any atom is -0.431 e. The molecular formula is C11H18N2O3. The molecule has 0 bridgehead atoms. The van der Waals surface area contributed by atoms with Crippen molar-refractivity contribution in [3.63, 3.8) is 0 Å². The first-order valence-corrected chi connectivity index (χ1v) is 4.93. The Bertz CT molecular complexity index is 308. The Morgan fingerprint density at radius 1 is 1.50 bits per heavy atom. The van der Waals surface area contributed by atoms with E-state index in [4.69, 9.17) is 10.5 Å². The largest absolute Gasteiger partial charge is 0.431 e. The van der Waals surface area contributed by atoms with E-state index in [1.807, 2.05) is 25.9 Å². The van der Waals surface area contributed by atoms with Crippen LogP contribution < -0.4 is 5.73 Å². The summed E-state index contributed by atoms with van der Waals surface area (Å²) in [6.45, 7) is 5.17. The molecule has 5 heteroatoms. The molecule has 0 aromatic rings. The second kappa shape index (κ2) is 6.79. The summed E-state index contributed by atoms with van der Waals surface area (Å²) in [4.78, 5) is 23.9. The van der Waals surface area contributed by atoms with Crippen LogP contribution in [0.3, 0.4) is 0 Å². The van der Waals surface area contributed by atoms with E-state index in [0.717, 1.165) is 12.3 Å². The topological polar surface area (TPSA) is 72.6 Å². The highest BCUT2D eigenvalue weighted by molar-refractivity contribution is 5.93. The van der Waals surface area contributed by atoms with Crippen LogP contribution in [0.15, 0.2) is 24.5 Å². The number of carbonyl (C=O) groups excluding carboxylic acids is 2. The van der Waals surface area contributed by atoms with Crippen molar-refractivity contribution in [2.75, 3.05) is 14.1 Å². The second-order valence-corrected chi connectivity index (χ2v) is 3.47. The number of nitrogens with two attached hydrogens (primary N) is 1. The smallest absolute Gasteiger partial charge is 0.334 e. The summed E-state index contributed by atoms with van der Waals surface area (Å²) in [5.74, 6) is -1.22. The normalized spacial score (nSPS) is 13.4. The molecule has 1 unspecified atom stereocenters. The molecule has 90 valence electrons. The van der Waals surface area contributed by atoms with Gasteiger partial charge in [0.15, 0.2) is 0 Å². The van der Waals surface area contributed by atoms with Crippen LogP contribution in [0.2, 0.25) is 0 Å². The summed E-state index contributed by atoms with van der Waals surface area (Å²) >= 11 is 0. The predicted octanol–water partition coefficient (Wildman–Crippen LogP) is 0.425. The highest BCUT2D eigenvalue weighted by Gasteiger charge is 2.20. The fourth-order valence-corrected chi connectivity index (χ4v) is 1.33. The van der Waals surface area contributed by atoms with Crippen molar-refractivity contribution in [3.8, 4) is 0 Å². The van der Waals surface area contributed by atoms with Gasteiger partial charge in [-0.15, -0.1) is 0 Å². The number of esters is 1. The Kier molecular flexibility index (Phi) is 6.10. The molecule has 2 N–H and O–H groups in total. The van der Waals surface area contributed by atoms with Crippen molar-refractivity contribution in [2.45, 2.75) is 19.4 Å². The molecule has 0 rings (SSSR count). The fraction of sp³-hybridized carbons (Fsp3) is 0.455. The molecule has 0 aromatic carbocycles. The molecule has 16 heavy (non-hydrogen) atoms. The van der Waals surface area contributed by atoms with Gasteiger partial charge in [0.2, 0.25) is 5.91 Å². The van der Waals surface area contributed by atoms with Crippen LogP contribution >= 0.6 is 0 Å². The lowest BCUT2D eigenvalue weighted by atomic mass is 10.0. The molecule has 0 spiro atoms. The van der Waals surface area contributed by atoms with Crippen LogP contribution in [-0.2, 0) is 14.3 Å². The molecule has 1 atom stereocenters. The molecule has 0 aromatic heterocycles. The lowest BCUT2D eigenvalue weighted by Gasteiger charge is -2.23. The van der Waals surface area contributed by atoms with Crippen LogP contribution in [0, 0.1) is 0 Å². The van der Waals surface area contributed by atoms with Crippen molar-refractivity contribution in [1.82, 2.24) is 4.90 Å². The summed E-state index contributed by atoms with van der Waals surface area (Å²) in [6, 6.07) is -0.171. The van der Waals surface area contributed by atoms with Crippen molar-refractivity contribution in [3.05, 3.63) is 24.5 Å². The minimum absolute atomic E-state index is 0.171. The number of primary amides is 1. The van der Waals surface area contributed by atoms with Gasteiger partial charge in [0.05, 0.1) is 5.57 Å². The highest BCUT2D eigenvalue weighted by Crippen LogP contribution is 2.11. The second-order valence-electron chi connectivity index (χ2n) is 3.47. The minimum atomic E-state index is -0.618. The third kappa shape index (κ3) is 4.27. The Labute approximate surface area is 95.5 Å². The third-order valence-electron chi connectivity index (χ3n) is 2.12. The number of hydrogen-bond donors (Lipinski definition) is 1. The van der Waals surface area contributed by atoms with Crippen LogP contribution in [0.4, 0.5) is 0 Å². The number of ether oxygens (including phenoxy) is 1. The lowest BCUT2D eigenvalue weighted by Crippen LogP contribution is -2.35. The van der Waals surface area contributed by atoms with Gasteiger partial charge in [-0.2, -0.15) is 0 Å². The van der Waals surface area contributed by atoms with Gasteiger partial charge in [-0.1, -0.05) is 13.5 Å². The highest BCUT2D eigenvalue weighted by atomic mass is 16.5. The number of amides is 1. The quantitative estimate of drug-likeness (QED) is 0.405. The van der Waals surface area contributed by atoms with Gasteiger partial charge < -0.3 is 15.4 Å². The van der Waals surface area contributed by atoms with Crippen LogP contribution in [0.5, 0.6) is 0 Å². The summed E-state index contributed by atoms with van der Waals surface area (Å²) in [7, 11) is 3.64. The van der Waals surface area contributed by atoms with E-state index in [2.05, 4.69) is 6.58 Å². The van der Waals surface area contributed by atoms with E-state index in [1.165, 1.54) is 0 Å². The van der Waals surface area contributed by atoms with E-state index >= 15 is 0 Å². The average Bonchev–Trinajstić information content (AvgIpc) is 2.22. The fourth-order valence-electron chi connectivity index (χ4n) is 1.33. The molecular weight excluding hydrogens is 208 g/mol. The maximum Gasteiger partial charge on any atom is 0.334 e. The summed E-state index contributed by atoms with van der Waals surface area (Å²) < 4.78 is 4.70. The van der Waals surface area contributed by atoms with E-state index in [-0.39, 0.29) is 11.6 Å². The molecule has 0 saturated carbocycles. The number of nitrogens with zero attached hydrogens (tertiary/aromatic N) is 1. The molecule has 0 aliphatic rings. The monoisotopic (exact) mass is 226 g/mol. The average molecular weight is 226 g/mol. The van der Waals surface area contributed by atoms with Gasteiger partial charge in [0.25, 0.3) is 0 Å². The van der Waals surface area contributed by atoms with E-state index in [0.29, 0.717) is 6.42 Å². The third-order valence-corrected chi connectivity index (χ3v) is 2.12. The van der Waals surface area contributed by atoms with Gasteiger partial charge in [0, 0.05) is 12.1 Å². The van der Waals surface area contributed by atoms with Gasteiger partial charge in [-0.05, 0) is 20.5 Å². The zero-order chi connectivity index (χ0) is 12.7. The number of rotatable bonds is 6. The first-order valence-electron chi connectivity index (χ1n) is 4.93. The van der Waals surface area contributed by atoms with E-state index in [1.54, 1.807) is 0 Å². The molecule has 0 fully saturated rings. The van der Waals surface area contributed by atoms with Gasteiger partial charge in [-0.25, -0.2) is 4.79 Å². The standard InChI is InChI=1S/C11H18N2O3/c1-5-9(13(3)4)8(11(12)15)7-16-10(14)6-2/h6-7,9H,2,5H2,1,3-4H3,(H2,12,15)/b8-7-. The molecule has 0 radical (unpaired) electrons. The summed E-state index contributed by atoms with van der Waals surface area (Å²) in [5, 5.41) is 0. The molecule has 0 saturated heterocycles. The summed E-state index contributed by atoms with van der Waals surface area (Å²) in [6.07, 6.45) is 2.81. The van der Waals surface area contributed by atoms with Crippen LogP contribution in [0.1, 0.15) is 13.3 Å².